The lowest BCUT2D eigenvalue weighted by molar-refractivity contribution is -0.138. The predicted octanol–water partition coefficient (Wildman–Crippen LogP) is 4.16. The molecule has 1 aliphatic heterocycles. The second kappa shape index (κ2) is 7.48. The van der Waals surface area contributed by atoms with Gasteiger partial charge in [-0.25, -0.2) is 4.79 Å². The molecule has 1 saturated heterocycles. The minimum Gasteiger partial charge on any atom is -0.493 e. The molecule has 0 amide bonds. The number of halogens is 1. The number of hydrogen-bond acceptors (Lipinski definition) is 3. The molecule has 2 rings (SSSR count). The summed E-state index contributed by atoms with van der Waals surface area (Å²) in [5.41, 5.74) is 0.711. The molecule has 0 radical (unpaired) electrons. The van der Waals surface area contributed by atoms with Crippen LogP contribution in [0.2, 0.25) is 0 Å². The van der Waals surface area contributed by atoms with E-state index in [4.69, 9.17) is 9.47 Å². The maximum absolute atomic E-state index is 12.1. The van der Waals surface area contributed by atoms with Gasteiger partial charge in [0, 0.05) is 22.7 Å². The summed E-state index contributed by atoms with van der Waals surface area (Å²) in [6.45, 7) is 4.21. The fourth-order valence-corrected chi connectivity index (χ4v) is 4.17. The summed E-state index contributed by atoms with van der Waals surface area (Å²) < 4.78 is 11.9. The van der Waals surface area contributed by atoms with Gasteiger partial charge in [-0.1, -0.05) is 41.2 Å². The largest absolute Gasteiger partial charge is 0.493 e. The lowest BCUT2D eigenvalue weighted by Gasteiger charge is -2.28. The average molecular weight is 390 g/mol. The van der Waals surface area contributed by atoms with Gasteiger partial charge < -0.3 is 9.47 Å². The molecule has 4 heteroatoms. The van der Waals surface area contributed by atoms with Crippen molar-refractivity contribution in [3.8, 4) is 0 Å². The van der Waals surface area contributed by atoms with Crippen molar-refractivity contribution in [1.82, 2.24) is 0 Å². The van der Waals surface area contributed by atoms with E-state index in [1.54, 1.807) is 0 Å². The van der Waals surface area contributed by atoms with Crippen LogP contribution in [0.5, 0.6) is 0 Å². The summed E-state index contributed by atoms with van der Waals surface area (Å²) in [5, 5.41) is 0. The van der Waals surface area contributed by atoms with Gasteiger partial charge in [-0.2, -0.15) is 0 Å². The zero-order valence-electron chi connectivity index (χ0n) is 12.2. The molecule has 3 unspecified atom stereocenters. The third-order valence-electron chi connectivity index (χ3n) is 4.02. The van der Waals surface area contributed by atoms with Crippen LogP contribution in [-0.4, -0.2) is 22.6 Å². The Hall–Kier alpha value is -0.520. The van der Waals surface area contributed by atoms with E-state index in [2.05, 4.69) is 22.6 Å². The number of carbonyl (C=O) groups is 1. The van der Waals surface area contributed by atoms with Crippen molar-refractivity contribution < 1.29 is 14.3 Å². The van der Waals surface area contributed by atoms with E-state index in [9.17, 15) is 4.79 Å². The van der Waals surface area contributed by atoms with Crippen LogP contribution in [0.3, 0.4) is 0 Å². The fourth-order valence-electron chi connectivity index (χ4n) is 3.00. The molecular formula is C16H23IO3. The summed E-state index contributed by atoms with van der Waals surface area (Å²) in [7, 11) is 0. The van der Waals surface area contributed by atoms with E-state index in [1.165, 1.54) is 19.3 Å². The first-order chi connectivity index (χ1) is 9.67. The predicted molar refractivity (Wildman–Crippen MR) is 87.7 cm³/mol. The van der Waals surface area contributed by atoms with Crippen LogP contribution < -0.4 is 0 Å². The van der Waals surface area contributed by atoms with Crippen molar-refractivity contribution in [2.75, 3.05) is 6.61 Å². The standard InChI is InChI=1S/C16H23IO3/c1-3-5-8-12(16(18)19-4-2)14-10-11-7-6-9-13(17)15(11)20-14/h3,5,11,13,15H,4,6-10H2,1-2H3/b5-3+,14-12+. The van der Waals surface area contributed by atoms with Crippen molar-refractivity contribution in [1.29, 1.82) is 0 Å². The third kappa shape index (κ3) is 3.57. The van der Waals surface area contributed by atoms with Gasteiger partial charge in [0.25, 0.3) is 0 Å². The van der Waals surface area contributed by atoms with Crippen molar-refractivity contribution in [3.63, 3.8) is 0 Å². The first kappa shape index (κ1) is 15.9. The first-order valence-electron chi connectivity index (χ1n) is 7.48. The molecule has 3 nitrogen and oxygen atoms in total. The highest BCUT2D eigenvalue weighted by Gasteiger charge is 2.41. The number of esters is 1. The maximum atomic E-state index is 12.1. The Morgan fingerprint density at radius 1 is 1.50 bits per heavy atom. The molecule has 112 valence electrons. The van der Waals surface area contributed by atoms with E-state index in [0.717, 1.165) is 12.2 Å². The van der Waals surface area contributed by atoms with Crippen molar-refractivity contribution in [2.45, 2.75) is 56.0 Å². The highest BCUT2D eigenvalue weighted by atomic mass is 127. The van der Waals surface area contributed by atoms with Crippen molar-refractivity contribution in [3.05, 3.63) is 23.5 Å². The Balaban J connectivity index is 2.19. The Morgan fingerprint density at radius 3 is 2.95 bits per heavy atom. The molecular weight excluding hydrogens is 367 g/mol. The van der Waals surface area contributed by atoms with Crippen LogP contribution in [0, 0.1) is 5.92 Å². The second-order valence-electron chi connectivity index (χ2n) is 5.39. The monoisotopic (exact) mass is 390 g/mol. The van der Waals surface area contributed by atoms with E-state index >= 15 is 0 Å². The lowest BCUT2D eigenvalue weighted by Crippen LogP contribution is -2.30. The zero-order chi connectivity index (χ0) is 14.5. The Labute approximate surface area is 134 Å². The molecule has 0 bridgehead atoms. The Kier molecular flexibility index (Phi) is 5.93. The summed E-state index contributed by atoms with van der Waals surface area (Å²) in [4.78, 5) is 12.1. The minimum atomic E-state index is -0.218. The van der Waals surface area contributed by atoms with Gasteiger partial charge in [-0.05, 0) is 26.7 Å². The van der Waals surface area contributed by atoms with Crippen molar-refractivity contribution in [2.24, 2.45) is 5.92 Å². The molecule has 0 aromatic carbocycles. The number of hydrogen-bond donors (Lipinski definition) is 0. The van der Waals surface area contributed by atoms with Crippen LogP contribution in [0.1, 0.15) is 46.0 Å². The number of carbonyl (C=O) groups excluding carboxylic acids is 1. The molecule has 0 aromatic rings. The van der Waals surface area contributed by atoms with Crippen LogP contribution >= 0.6 is 22.6 Å². The molecule has 0 spiro atoms. The number of fused-ring (bicyclic) bond motifs is 1. The maximum Gasteiger partial charge on any atom is 0.337 e. The molecule has 1 saturated carbocycles. The van der Waals surface area contributed by atoms with Gasteiger partial charge in [0.2, 0.25) is 0 Å². The first-order valence-corrected chi connectivity index (χ1v) is 8.73. The fraction of sp³-hybridized carbons (Fsp3) is 0.688. The average Bonchev–Trinajstić information content (AvgIpc) is 2.85. The summed E-state index contributed by atoms with van der Waals surface area (Å²) in [6, 6.07) is 0. The van der Waals surface area contributed by atoms with Crippen LogP contribution in [0.25, 0.3) is 0 Å². The van der Waals surface area contributed by atoms with E-state index in [-0.39, 0.29) is 12.1 Å². The molecule has 3 atom stereocenters. The van der Waals surface area contributed by atoms with Gasteiger partial charge >= 0.3 is 5.97 Å². The molecule has 1 aliphatic carbocycles. The summed E-state index contributed by atoms with van der Waals surface area (Å²) in [6.07, 6.45) is 9.46. The van der Waals surface area contributed by atoms with Gasteiger partial charge in [-0.3, -0.25) is 0 Å². The van der Waals surface area contributed by atoms with Crippen molar-refractivity contribution >= 4 is 28.6 Å². The topological polar surface area (TPSA) is 35.5 Å². The molecule has 0 N–H and O–H groups in total. The molecule has 2 fully saturated rings. The van der Waals surface area contributed by atoms with Gasteiger partial charge in [-0.15, -0.1) is 0 Å². The number of alkyl halides is 1. The SMILES string of the molecule is C/C=C/C/C(C(=O)OCC)=C1/CC2CCCC(I)C2O1. The quantitative estimate of drug-likeness (QED) is 0.238. The molecule has 0 aromatic heterocycles. The third-order valence-corrected chi connectivity index (χ3v) is 5.35. The Morgan fingerprint density at radius 2 is 2.30 bits per heavy atom. The second-order valence-corrected chi connectivity index (χ2v) is 6.99. The zero-order valence-corrected chi connectivity index (χ0v) is 14.4. The van der Waals surface area contributed by atoms with Crippen LogP contribution in [0.15, 0.2) is 23.5 Å². The van der Waals surface area contributed by atoms with Gasteiger partial charge in [0.1, 0.15) is 11.9 Å². The number of rotatable bonds is 4. The van der Waals surface area contributed by atoms with E-state index < -0.39 is 0 Å². The van der Waals surface area contributed by atoms with Crippen LogP contribution in [0.4, 0.5) is 0 Å². The minimum absolute atomic E-state index is 0.218. The summed E-state index contributed by atoms with van der Waals surface area (Å²) in [5.74, 6) is 1.24. The highest BCUT2D eigenvalue weighted by molar-refractivity contribution is 14.1. The normalized spacial score (nSPS) is 31.9. The lowest BCUT2D eigenvalue weighted by atomic mass is 9.85. The molecule has 20 heavy (non-hydrogen) atoms. The van der Waals surface area contributed by atoms with Gasteiger partial charge in [0.15, 0.2) is 0 Å². The number of allylic oxidation sites excluding steroid dienone is 3. The van der Waals surface area contributed by atoms with Gasteiger partial charge in [0.05, 0.1) is 12.2 Å². The Bertz CT molecular complexity index is 414. The van der Waals surface area contributed by atoms with E-state index in [0.29, 0.717) is 28.4 Å². The molecule has 1 heterocycles. The summed E-state index contributed by atoms with van der Waals surface area (Å²) >= 11 is 2.49. The number of ether oxygens (including phenoxy) is 2. The van der Waals surface area contributed by atoms with Crippen LogP contribution in [-0.2, 0) is 14.3 Å². The van der Waals surface area contributed by atoms with E-state index in [1.807, 2.05) is 26.0 Å². The smallest absolute Gasteiger partial charge is 0.337 e. The molecule has 2 aliphatic rings. The highest BCUT2D eigenvalue weighted by Crippen LogP contribution is 2.43.